The van der Waals surface area contributed by atoms with E-state index in [0.717, 1.165) is 42.6 Å². The van der Waals surface area contributed by atoms with Crippen LogP contribution in [0.1, 0.15) is 81.4 Å². The number of esters is 1. The summed E-state index contributed by atoms with van der Waals surface area (Å²) in [7, 11) is 5.02. The highest BCUT2D eigenvalue weighted by molar-refractivity contribution is 8.76. The second kappa shape index (κ2) is 18.6. The Kier molecular flexibility index (Phi) is 14.6. The molecular weight excluding hydrogens is 665 g/mol. The molecule has 4 rings (SSSR count). The number of nitrogen functional groups attached to an aromatic ring is 1. The number of guanidine groups is 1. The third-order valence-electron chi connectivity index (χ3n) is 9.11. The molecule has 1 aromatic carbocycles. The number of carbonyl (C=O) groups excluding carboxylic acids is 2. The number of aromatic hydroxyl groups is 1. The maximum absolute atomic E-state index is 13.8. The number of rotatable bonds is 5. The highest BCUT2D eigenvalue weighted by atomic mass is 33.1. The van der Waals surface area contributed by atoms with Crippen molar-refractivity contribution in [2.24, 2.45) is 21.9 Å². The molecule has 0 radical (unpaired) electrons. The Morgan fingerprint density at radius 3 is 2.69 bits per heavy atom. The second-order valence-corrected chi connectivity index (χ2v) is 16.0. The summed E-state index contributed by atoms with van der Waals surface area (Å²) in [5.74, 6) is 1.95. The monoisotopic (exact) mass is 716 g/mol. The lowest BCUT2D eigenvalue weighted by molar-refractivity contribution is -0.148. The molecule has 4 bridgehead atoms. The van der Waals surface area contributed by atoms with Crippen LogP contribution in [0.5, 0.6) is 11.5 Å². The molecule has 2 aliphatic rings. The maximum atomic E-state index is 13.8. The van der Waals surface area contributed by atoms with Crippen LogP contribution in [0.25, 0.3) is 0 Å². The molecule has 0 spiro atoms. The lowest BCUT2D eigenvalue weighted by Crippen LogP contribution is -2.35. The SMILES string of the molecule is COc1cc2cc(c1O)CN1C[C@@](Cc3ccnc(N)c3)(CC1=O)C[C@H](N=C(N)N)CSSCCCCCC[C@H](O)C[C@H](OC(C)=O)CC2. The van der Waals surface area contributed by atoms with E-state index in [1.54, 1.807) is 38.8 Å². The molecular formula is C35H52N6O6S2. The lowest BCUT2D eigenvalue weighted by atomic mass is 9.76. The summed E-state index contributed by atoms with van der Waals surface area (Å²) in [6, 6.07) is 7.20. The Labute approximate surface area is 297 Å². The number of aliphatic hydroxyl groups excluding tert-OH is 1. The van der Waals surface area contributed by atoms with Gasteiger partial charge in [-0.3, -0.25) is 9.59 Å². The van der Waals surface area contributed by atoms with Gasteiger partial charge in [0.15, 0.2) is 17.5 Å². The van der Waals surface area contributed by atoms with Crippen LogP contribution in [-0.4, -0.2) is 81.3 Å². The van der Waals surface area contributed by atoms with Crippen LogP contribution in [0.2, 0.25) is 0 Å². The van der Waals surface area contributed by atoms with E-state index in [0.29, 0.717) is 68.0 Å². The molecule has 12 nitrogen and oxygen atoms in total. The minimum Gasteiger partial charge on any atom is -0.504 e. The van der Waals surface area contributed by atoms with Crippen molar-refractivity contribution >= 4 is 45.2 Å². The zero-order valence-electron chi connectivity index (χ0n) is 28.6. The van der Waals surface area contributed by atoms with Gasteiger partial charge in [0.25, 0.3) is 0 Å². The molecule has 0 aliphatic carbocycles. The van der Waals surface area contributed by atoms with Gasteiger partial charge in [0.1, 0.15) is 11.9 Å². The van der Waals surface area contributed by atoms with Gasteiger partial charge < -0.3 is 41.8 Å². The number of methoxy groups -OCH3 is 1. The maximum Gasteiger partial charge on any atom is 0.302 e. The number of nitrogens with two attached hydrogens (primary N) is 3. The molecule has 4 atom stereocenters. The van der Waals surface area contributed by atoms with Crippen molar-refractivity contribution in [3.63, 3.8) is 0 Å². The minimum atomic E-state index is -0.571. The topological polar surface area (TPSA) is 200 Å². The fourth-order valence-electron chi connectivity index (χ4n) is 6.99. The number of anilines is 1. The van der Waals surface area contributed by atoms with Crippen LogP contribution in [-0.2, 0) is 33.7 Å². The summed E-state index contributed by atoms with van der Waals surface area (Å²) in [6.45, 7) is 1.99. The Bertz CT molecular complexity index is 1440. The third-order valence-corrected chi connectivity index (χ3v) is 11.7. The number of phenols is 1. The number of carbonyl (C=O) groups is 2. The summed E-state index contributed by atoms with van der Waals surface area (Å²) in [4.78, 5) is 36.3. The Morgan fingerprint density at radius 2 is 1.96 bits per heavy atom. The lowest BCUT2D eigenvalue weighted by Gasteiger charge is -2.32. The molecule has 14 heteroatoms. The number of aliphatic hydroxyl groups is 1. The predicted octanol–water partition coefficient (Wildman–Crippen LogP) is 4.33. The summed E-state index contributed by atoms with van der Waals surface area (Å²) in [5, 5.41) is 22.0. The third kappa shape index (κ3) is 12.2. The molecule has 1 aromatic heterocycles. The van der Waals surface area contributed by atoms with Gasteiger partial charge in [0, 0.05) is 61.5 Å². The van der Waals surface area contributed by atoms with E-state index in [-0.39, 0.29) is 42.6 Å². The predicted molar refractivity (Wildman–Crippen MR) is 196 cm³/mol. The van der Waals surface area contributed by atoms with Crippen molar-refractivity contribution in [2.75, 3.05) is 30.9 Å². The van der Waals surface area contributed by atoms with Crippen molar-refractivity contribution in [1.29, 1.82) is 0 Å². The van der Waals surface area contributed by atoms with E-state index in [1.165, 1.54) is 14.0 Å². The fourth-order valence-corrected chi connectivity index (χ4v) is 9.34. The van der Waals surface area contributed by atoms with Crippen LogP contribution in [0.15, 0.2) is 35.5 Å². The molecule has 0 saturated carbocycles. The standard InChI is InChI=1S/C35H52N6O6S2/c1-23(42)47-29-9-8-24-13-26(33(45)30(14-24)46-2)20-41-22-35(19-32(41)44,17-25-10-11-39-31(36)15-25)18-27(40-34(37)38)21-49-48-12-6-4-3-5-7-28(43)16-29/h10-11,13-15,27-29,43,45H,3-9,12,16-22H2,1-2H3,(H2,36,39)(H4,37,38,40)/t27-,28-,29+,35+/m0/s1. The highest BCUT2D eigenvalue weighted by Gasteiger charge is 2.45. The van der Waals surface area contributed by atoms with E-state index in [9.17, 15) is 19.8 Å². The number of aromatic nitrogens is 1. The van der Waals surface area contributed by atoms with E-state index < -0.39 is 17.6 Å². The fraction of sp³-hybridized carbons (Fsp3) is 0.600. The molecule has 1 amide bonds. The van der Waals surface area contributed by atoms with Crippen LogP contribution < -0.4 is 21.9 Å². The first-order chi connectivity index (χ1) is 23.4. The number of fused-ring (bicyclic) bond motifs is 4. The largest absolute Gasteiger partial charge is 0.504 e. The average molecular weight is 717 g/mol. The van der Waals surface area contributed by atoms with Crippen molar-refractivity contribution in [3.05, 3.63) is 47.2 Å². The first-order valence-electron chi connectivity index (χ1n) is 17.0. The summed E-state index contributed by atoms with van der Waals surface area (Å²) >= 11 is 0. The second-order valence-electron chi connectivity index (χ2n) is 13.4. The van der Waals surface area contributed by atoms with Gasteiger partial charge in [-0.1, -0.05) is 46.9 Å². The molecule has 0 unspecified atom stereocenters. The van der Waals surface area contributed by atoms with E-state index in [2.05, 4.69) is 9.98 Å². The van der Waals surface area contributed by atoms with E-state index in [1.807, 2.05) is 18.2 Å². The quantitative estimate of drug-likeness (QED) is 0.127. The highest BCUT2D eigenvalue weighted by Crippen LogP contribution is 2.43. The summed E-state index contributed by atoms with van der Waals surface area (Å²) in [5.41, 5.74) is 19.8. The first-order valence-corrected chi connectivity index (χ1v) is 19.5. The number of hydrogen-bond donors (Lipinski definition) is 5. The Morgan fingerprint density at radius 1 is 1.16 bits per heavy atom. The number of pyridine rings is 1. The molecule has 3 heterocycles. The zero-order chi connectivity index (χ0) is 35.4. The van der Waals surface area contributed by atoms with Gasteiger partial charge >= 0.3 is 5.97 Å². The number of aryl methyl sites for hydroxylation is 1. The number of hydrogen-bond acceptors (Lipinski definition) is 11. The van der Waals surface area contributed by atoms with Gasteiger partial charge in [-0.05, 0) is 67.9 Å². The van der Waals surface area contributed by atoms with Gasteiger partial charge in [0.2, 0.25) is 5.91 Å². The van der Waals surface area contributed by atoms with E-state index >= 15 is 0 Å². The van der Waals surface area contributed by atoms with Gasteiger partial charge in [-0.15, -0.1) is 0 Å². The molecule has 49 heavy (non-hydrogen) atoms. The van der Waals surface area contributed by atoms with E-state index in [4.69, 9.17) is 26.7 Å². The number of benzene rings is 1. The molecule has 270 valence electrons. The summed E-state index contributed by atoms with van der Waals surface area (Å²) < 4.78 is 11.1. The van der Waals surface area contributed by atoms with Crippen LogP contribution in [0, 0.1) is 5.41 Å². The van der Waals surface area contributed by atoms with Crippen LogP contribution >= 0.6 is 21.6 Å². The number of amides is 1. The number of nitrogens with zero attached hydrogens (tertiary/aromatic N) is 3. The zero-order valence-corrected chi connectivity index (χ0v) is 30.3. The van der Waals surface area contributed by atoms with Crippen molar-refractivity contribution < 1.29 is 29.3 Å². The first kappa shape index (κ1) is 38.4. The number of phenolic OH excluding ortho intramolecular Hbond substituents is 1. The van der Waals surface area contributed by atoms with Gasteiger partial charge in [-0.2, -0.15) is 0 Å². The number of aliphatic imine (C=N–C) groups is 1. The number of ether oxygens (including phenoxy) is 2. The van der Waals surface area contributed by atoms with Crippen molar-refractivity contribution in [3.8, 4) is 11.5 Å². The molecule has 1 saturated heterocycles. The normalized spacial score (nSPS) is 24.9. The minimum absolute atomic E-state index is 0.0180. The molecule has 2 aliphatic heterocycles. The van der Waals surface area contributed by atoms with Crippen LogP contribution in [0.4, 0.5) is 5.82 Å². The van der Waals surface area contributed by atoms with Crippen LogP contribution in [0.3, 0.4) is 0 Å². The molecule has 1 fully saturated rings. The smallest absolute Gasteiger partial charge is 0.302 e. The Hall–Kier alpha value is -3.36. The van der Waals surface area contributed by atoms with Crippen molar-refractivity contribution in [1.82, 2.24) is 9.88 Å². The average Bonchev–Trinajstić information content (AvgIpc) is 3.32. The molecule has 8 N–H and O–H groups in total. The molecule has 2 aromatic rings. The summed E-state index contributed by atoms with van der Waals surface area (Å²) in [6.07, 6.45) is 8.15. The van der Waals surface area contributed by atoms with Gasteiger partial charge in [-0.25, -0.2) is 9.98 Å². The van der Waals surface area contributed by atoms with Crippen molar-refractivity contribution in [2.45, 2.75) is 102 Å². The van der Waals surface area contributed by atoms with Gasteiger partial charge in [0.05, 0.1) is 19.3 Å². The Balaban J connectivity index is 1.66.